The molecule has 0 saturated carbocycles. The van der Waals surface area contributed by atoms with Crippen molar-refractivity contribution in [1.29, 1.82) is 0 Å². The smallest absolute Gasteiger partial charge is 0.271 e. The first kappa shape index (κ1) is 13.5. The Balaban J connectivity index is 2.12. The lowest BCUT2D eigenvalue weighted by atomic mass is 10.2. The molecule has 0 atom stereocenters. The molecule has 0 bridgehead atoms. The monoisotopic (exact) mass is 324 g/mol. The number of anilines is 1. The molecule has 1 N–H and O–H groups in total. The fourth-order valence-corrected chi connectivity index (χ4v) is 1.83. The van der Waals surface area contributed by atoms with E-state index in [1.165, 1.54) is 6.07 Å². The highest BCUT2D eigenvalue weighted by Gasteiger charge is 2.10. The Kier molecular flexibility index (Phi) is 4.11. The molecule has 19 heavy (non-hydrogen) atoms. The predicted molar refractivity (Wildman–Crippen MR) is 74.5 cm³/mol. The zero-order valence-electron chi connectivity index (χ0n) is 9.77. The van der Waals surface area contributed by atoms with E-state index in [9.17, 15) is 14.5 Å². The van der Waals surface area contributed by atoms with Gasteiger partial charge in [-0.05, 0) is 23.8 Å². The molecule has 0 aromatic heterocycles. The van der Waals surface area contributed by atoms with Gasteiger partial charge in [-0.15, -0.1) is 0 Å². The van der Waals surface area contributed by atoms with E-state index in [1.54, 1.807) is 0 Å². The summed E-state index contributed by atoms with van der Waals surface area (Å²) < 4.78 is 14.5. The molecule has 2 aromatic carbocycles. The largest absolute Gasteiger partial charge is 0.378 e. The summed E-state index contributed by atoms with van der Waals surface area (Å²) >= 11 is 3.32. The third-order valence-electron chi connectivity index (χ3n) is 2.56. The van der Waals surface area contributed by atoms with Crippen LogP contribution >= 0.6 is 15.9 Å². The van der Waals surface area contributed by atoms with Crippen molar-refractivity contribution in [3.8, 4) is 0 Å². The van der Waals surface area contributed by atoms with Crippen LogP contribution in [0.2, 0.25) is 0 Å². The summed E-state index contributed by atoms with van der Waals surface area (Å²) in [5, 5.41) is 13.5. The standard InChI is InChI=1S/C13H10BrFN2O2/c14-10-3-1-9(2-4-10)8-16-13-7-11(17(18)19)5-6-12(13)15/h1-7,16H,8H2. The van der Waals surface area contributed by atoms with Gasteiger partial charge in [-0.2, -0.15) is 0 Å². The minimum absolute atomic E-state index is 0.122. The molecule has 0 radical (unpaired) electrons. The first-order valence-electron chi connectivity index (χ1n) is 5.48. The Morgan fingerprint density at radius 2 is 1.89 bits per heavy atom. The molecule has 0 aliphatic heterocycles. The second kappa shape index (κ2) is 5.79. The lowest BCUT2D eigenvalue weighted by Crippen LogP contribution is -2.02. The van der Waals surface area contributed by atoms with E-state index in [0.717, 1.165) is 22.2 Å². The molecule has 6 heteroatoms. The molecule has 2 rings (SSSR count). The van der Waals surface area contributed by atoms with E-state index < -0.39 is 10.7 Å². The summed E-state index contributed by atoms with van der Waals surface area (Å²) in [6, 6.07) is 10.9. The van der Waals surface area contributed by atoms with Gasteiger partial charge in [-0.25, -0.2) is 4.39 Å². The molecule has 0 saturated heterocycles. The number of rotatable bonds is 4. The molecule has 0 spiro atoms. The van der Waals surface area contributed by atoms with Crippen molar-refractivity contribution in [1.82, 2.24) is 0 Å². The maximum Gasteiger partial charge on any atom is 0.271 e. The van der Waals surface area contributed by atoms with Gasteiger partial charge in [-0.1, -0.05) is 28.1 Å². The zero-order chi connectivity index (χ0) is 13.8. The molecular weight excluding hydrogens is 315 g/mol. The molecule has 0 heterocycles. The van der Waals surface area contributed by atoms with Crippen LogP contribution in [0.25, 0.3) is 0 Å². The Hall–Kier alpha value is -1.95. The quantitative estimate of drug-likeness (QED) is 0.680. The summed E-state index contributed by atoms with van der Waals surface area (Å²) in [6.07, 6.45) is 0. The Bertz CT molecular complexity index is 602. The van der Waals surface area contributed by atoms with Gasteiger partial charge in [0, 0.05) is 23.2 Å². The molecule has 0 aliphatic carbocycles. The molecule has 98 valence electrons. The highest BCUT2D eigenvalue weighted by atomic mass is 79.9. The minimum atomic E-state index is -0.551. The Labute approximate surface area is 117 Å². The van der Waals surface area contributed by atoms with Crippen LogP contribution in [-0.2, 0) is 6.54 Å². The van der Waals surface area contributed by atoms with E-state index >= 15 is 0 Å². The average Bonchev–Trinajstić information content (AvgIpc) is 2.39. The number of nitrogens with one attached hydrogen (secondary N) is 1. The number of hydrogen-bond acceptors (Lipinski definition) is 3. The molecule has 4 nitrogen and oxygen atoms in total. The van der Waals surface area contributed by atoms with Crippen LogP contribution in [0.15, 0.2) is 46.9 Å². The van der Waals surface area contributed by atoms with E-state index in [1.807, 2.05) is 24.3 Å². The van der Waals surface area contributed by atoms with Crippen LogP contribution in [0.3, 0.4) is 0 Å². The molecule has 2 aromatic rings. The van der Waals surface area contributed by atoms with Crippen molar-refractivity contribution in [2.24, 2.45) is 0 Å². The van der Waals surface area contributed by atoms with Crippen LogP contribution in [0.5, 0.6) is 0 Å². The molecule has 0 aliphatic rings. The number of nitro benzene ring substituents is 1. The maximum absolute atomic E-state index is 13.5. The number of non-ortho nitro benzene ring substituents is 1. The molecule has 0 amide bonds. The van der Waals surface area contributed by atoms with E-state index in [0.29, 0.717) is 6.54 Å². The van der Waals surface area contributed by atoms with Crippen molar-refractivity contribution in [2.75, 3.05) is 5.32 Å². The van der Waals surface area contributed by atoms with Gasteiger partial charge >= 0.3 is 0 Å². The van der Waals surface area contributed by atoms with Crippen molar-refractivity contribution < 1.29 is 9.31 Å². The fourth-order valence-electron chi connectivity index (χ4n) is 1.56. The Morgan fingerprint density at radius 3 is 2.53 bits per heavy atom. The topological polar surface area (TPSA) is 55.2 Å². The highest BCUT2D eigenvalue weighted by Crippen LogP contribution is 2.22. The van der Waals surface area contributed by atoms with E-state index in [4.69, 9.17) is 0 Å². The summed E-state index contributed by atoms with van der Waals surface area (Å²) in [7, 11) is 0. The van der Waals surface area contributed by atoms with Crippen LogP contribution < -0.4 is 5.32 Å². The second-order valence-corrected chi connectivity index (χ2v) is 4.82. The molecule has 0 fully saturated rings. The van der Waals surface area contributed by atoms with Crippen molar-refractivity contribution in [2.45, 2.75) is 6.54 Å². The van der Waals surface area contributed by atoms with Crippen LogP contribution in [0.1, 0.15) is 5.56 Å². The zero-order valence-corrected chi connectivity index (χ0v) is 11.4. The molecular formula is C13H10BrFN2O2. The molecule has 0 unspecified atom stereocenters. The lowest BCUT2D eigenvalue weighted by molar-refractivity contribution is -0.384. The predicted octanol–water partition coefficient (Wildman–Crippen LogP) is 4.11. The average molecular weight is 325 g/mol. The fraction of sp³-hybridized carbons (Fsp3) is 0.0769. The van der Waals surface area contributed by atoms with Crippen LogP contribution in [-0.4, -0.2) is 4.92 Å². The normalized spacial score (nSPS) is 10.2. The highest BCUT2D eigenvalue weighted by molar-refractivity contribution is 9.10. The van der Waals surface area contributed by atoms with Crippen molar-refractivity contribution in [3.05, 3.63) is 68.4 Å². The summed E-state index contributed by atoms with van der Waals surface area (Å²) in [6.45, 7) is 0.394. The SMILES string of the molecule is O=[N+]([O-])c1ccc(F)c(NCc2ccc(Br)cc2)c1. The maximum atomic E-state index is 13.5. The number of halogens is 2. The number of nitro groups is 1. The van der Waals surface area contributed by atoms with Crippen molar-refractivity contribution >= 4 is 27.3 Å². The summed E-state index contributed by atoms with van der Waals surface area (Å²) in [5.41, 5.74) is 0.936. The van der Waals surface area contributed by atoms with Gasteiger partial charge in [0.25, 0.3) is 5.69 Å². The number of hydrogen-bond donors (Lipinski definition) is 1. The third-order valence-corrected chi connectivity index (χ3v) is 3.09. The van der Waals surface area contributed by atoms with Gasteiger partial charge in [0.1, 0.15) is 5.82 Å². The lowest BCUT2D eigenvalue weighted by Gasteiger charge is -2.07. The van der Waals surface area contributed by atoms with Gasteiger partial charge in [0.05, 0.1) is 10.6 Å². The Morgan fingerprint density at radius 1 is 1.21 bits per heavy atom. The van der Waals surface area contributed by atoms with E-state index in [2.05, 4.69) is 21.2 Å². The summed E-state index contributed by atoms with van der Waals surface area (Å²) in [4.78, 5) is 10.1. The first-order chi connectivity index (χ1) is 9.06. The summed E-state index contributed by atoms with van der Waals surface area (Å²) in [5.74, 6) is -0.511. The number of benzene rings is 2. The first-order valence-corrected chi connectivity index (χ1v) is 6.28. The van der Waals surface area contributed by atoms with E-state index in [-0.39, 0.29) is 11.4 Å². The van der Waals surface area contributed by atoms with Crippen LogP contribution in [0, 0.1) is 15.9 Å². The van der Waals surface area contributed by atoms with Crippen LogP contribution in [0.4, 0.5) is 15.8 Å². The van der Waals surface area contributed by atoms with Gasteiger partial charge in [0.2, 0.25) is 0 Å². The van der Waals surface area contributed by atoms with Crippen molar-refractivity contribution in [3.63, 3.8) is 0 Å². The number of nitrogens with zero attached hydrogens (tertiary/aromatic N) is 1. The minimum Gasteiger partial charge on any atom is -0.378 e. The van der Waals surface area contributed by atoms with Gasteiger partial charge in [0.15, 0.2) is 0 Å². The van der Waals surface area contributed by atoms with Gasteiger partial charge in [-0.3, -0.25) is 10.1 Å². The second-order valence-electron chi connectivity index (χ2n) is 3.90. The van der Waals surface area contributed by atoms with Gasteiger partial charge < -0.3 is 5.32 Å². The third kappa shape index (κ3) is 3.51.